The Labute approximate surface area is 132 Å². The molecule has 2 N–H and O–H groups in total. The zero-order chi connectivity index (χ0) is 14.8. The number of anilines is 2. The highest BCUT2D eigenvalue weighted by molar-refractivity contribution is 9.10. The van der Waals surface area contributed by atoms with Gasteiger partial charge < -0.3 is 10.6 Å². The van der Waals surface area contributed by atoms with Crippen molar-refractivity contribution in [3.63, 3.8) is 0 Å². The van der Waals surface area contributed by atoms with Gasteiger partial charge in [0.15, 0.2) is 0 Å². The van der Waals surface area contributed by atoms with Crippen LogP contribution in [-0.4, -0.2) is 16.9 Å². The van der Waals surface area contributed by atoms with Gasteiger partial charge in [0.05, 0.1) is 0 Å². The van der Waals surface area contributed by atoms with E-state index in [1.807, 2.05) is 31.2 Å². The third-order valence-corrected chi connectivity index (χ3v) is 3.87. The lowest BCUT2D eigenvalue weighted by Gasteiger charge is -2.09. The normalized spacial score (nSPS) is 13.8. The molecule has 0 aliphatic heterocycles. The van der Waals surface area contributed by atoms with Crippen molar-refractivity contribution in [3.8, 4) is 0 Å². The second kappa shape index (κ2) is 5.85. The molecule has 4 nitrogen and oxygen atoms in total. The molecule has 1 saturated carbocycles. The number of rotatable bonds is 4. The number of hydrogen-bond donors (Lipinski definition) is 2. The minimum absolute atomic E-state index is 0.195. The number of carbonyl (C=O) groups is 1. The van der Waals surface area contributed by atoms with Crippen molar-refractivity contribution in [2.45, 2.75) is 25.8 Å². The monoisotopic (exact) mass is 345 g/mol. The van der Waals surface area contributed by atoms with Gasteiger partial charge in [-0.3, -0.25) is 9.78 Å². The van der Waals surface area contributed by atoms with Crippen LogP contribution in [0.25, 0.3) is 0 Å². The number of benzene rings is 1. The summed E-state index contributed by atoms with van der Waals surface area (Å²) in [5.74, 6) is -0.195. The van der Waals surface area contributed by atoms with Crippen LogP contribution in [0.3, 0.4) is 0 Å². The standard InChI is InChI=1S/C16H16BrN3O/c1-10-8-11(17)2-5-14(10)20-16(21)15-9-13(6-7-18-15)19-12-3-4-12/h2,5-9,12H,3-4H2,1H3,(H,18,19)(H,20,21). The van der Waals surface area contributed by atoms with Crippen molar-refractivity contribution >= 4 is 33.2 Å². The molecule has 1 amide bonds. The molecular formula is C16H16BrN3O. The molecule has 1 aromatic carbocycles. The SMILES string of the molecule is Cc1cc(Br)ccc1NC(=O)c1cc(NC2CC2)ccn1. The Morgan fingerprint density at radius 1 is 1.29 bits per heavy atom. The summed E-state index contributed by atoms with van der Waals surface area (Å²) in [6.45, 7) is 1.96. The molecule has 0 spiro atoms. The van der Waals surface area contributed by atoms with E-state index < -0.39 is 0 Å². The molecule has 3 rings (SSSR count). The number of halogens is 1. The van der Waals surface area contributed by atoms with Gasteiger partial charge in [0, 0.05) is 28.1 Å². The molecule has 1 fully saturated rings. The fourth-order valence-electron chi connectivity index (χ4n) is 2.06. The van der Waals surface area contributed by atoms with Gasteiger partial charge >= 0.3 is 0 Å². The summed E-state index contributed by atoms with van der Waals surface area (Å²) in [4.78, 5) is 16.4. The number of nitrogens with one attached hydrogen (secondary N) is 2. The van der Waals surface area contributed by atoms with Crippen LogP contribution in [0.1, 0.15) is 28.9 Å². The molecule has 5 heteroatoms. The van der Waals surface area contributed by atoms with Crippen molar-refractivity contribution in [1.82, 2.24) is 4.98 Å². The van der Waals surface area contributed by atoms with Crippen LogP contribution in [0.4, 0.5) is 11.4 Å². The van der Waals surface area contributed by atoms with Gasteiger partial charge in [0.2, 0.25) is 0 Å². The molecule has 0 bridgehead atoms. The van der Waals surface area contributed by atoms with Crippen LogP contribution in [0, 0.1) is 6.92 Å². The zero-order valence-electron chi connectivity index (χ0n) is 11.7. The first-order valence-corrected chi connectivity index (χ1v) is 7.71. The third kappa shape index (κ3) is 3.61. The first-order chi connectivity index (χ1) is 10.1. The summed E-state index contributed by atoms with van der Waals surface area (Å²) in [5.41, 5.74) is 3.17. The Hall–Kier alpha value is -1.88. The summed E-state index contributed by atoms with van der Waals surface area (Å²) in [5, 5.41) is 6.27. The Kier molecular flexibility index (Phi) is 3.92. The second-order valence-corrected chi connectivity index (χ2v) is 6.18. The Morgan fingerprint density at radius 2 is 2.10 bits per heavy atom. The lowest BCUT2D eigenvalue weighted by molar-refractivity contribution is 0.102. The number of aryl methyl sites for hydroxylation is 1. The highest BCUT2D eigenvalue weighted by Gasteiger charge is 2.21. The highest BCUT2D eigenvalue weighted by atomic mass is 79.9. The Morgan fingerprint density at radius 3 is 2.81 bits per heavy atom. The van der Waals surface area contributed by atoms with Crippen LogP contribution in [-0.2, 0) is 0 Å². The van der Waals surface area contributed by atoms with Crippen LogP contribution >= 0.6 is 15.9 Å². The van der Waals surface area contributed by atoms with Gasteiger partial charge in [0.1, 0.15) is 5.69 Å². The van der Waals surface area contributed by atoms with Crippen LogP contribution < -0.4 is 10.6 Å². The van der Waals surface area contributed by atoms with Crippen LogP contribution in [0.2, 0.25) is 0 Å². The third-order valence-electron chi connectivity index (χ3n) is 3.38. The summed E-state index contributed by atoms with van der Waals surface area (Å²) in [7, 11) is 0. The summed E-state index contributed by atoms with van der Waals surface area (Å²) >= 11 is 3.41. The van der Waals surface area contributed by atoms with E-state index in [1.54, 1.807) is 12.3 Å². The second-order valence-electron chi connectivity index (χ2n) is 5.26. The van der Waals surface area contributed by atoms with Crippen molar-refractivity contribution in [2.75, 3.05) is 10.6 Å². The van der Waals surface area contributed by atoms with Gasteiger partial charge in [-0.25, -0.2) is 0 Å². The smallest absolute Gasteiger partial charge is 0.274 e. The van der Waals surface area contributed by atoms with Crippen LogP contribution in [0.15, 0.2) is 41.0 Å². The zero-order valence-corrected chi connectivity index (χ0v) is 13.3. The van der Waals surface area contributed by atoms with E-state index in [0.717, 1.165) is 21.4 Å². The van der Waals surface area contributed by atoms with Gasteiger partial charge in [-0.05, 0) is 55.7 Å². The molecule has 0 saturated heterocycles. The van der Waals surface area contributed by atoms with E-state index >= 15 is 0 Å². The number of aromatic nitrogens is 1. The predicted molar refractivity (Wildman–Crippen MR) is 87.7 cm³/mol. The average molecular weight is 346 g/mol. The fraction of sp³-hybridized carbons (Fsp3) is 0.250. The molecule has 0 radical (unpaired) electrons. The molecule has 21 heavy (non-hydrogen) atoms. The van der Waals surface area contributed by atoms with Crippen molar-refractivity contribution in [1.29, 1.82) is 0 Å². The topological polar surface area (TPSA) is 54.0 Å². The van der Waals surface area contributed by atoms with Gasteiger partial charge in [-0.1, -0.05) is 15.9 Å². The average Bonchev–Trinajstić information content (AvgIpc) is 3.26. The molecular weight excluding hydrogens is 330 g/mol. The molecule has 1 heterocycles. The maximum absolute atomic E-state index is 12.3. The van der Waals surface area contributed by atoms with Crippen molar-refractivity contribution in [3.05, 3.63) is 52.3 Å². The van der Waals surface area contributed by atoms with Crippen molar-refractivity contribution < 1.29 is 4.79 Å². The van der Waals surface area contributed by atoms with Crippen molar-refractivity contribution in [2.24, 2.45) is 0 Å². The van der Waals surface area contributed by atoms with Crippen LogP contribution in [0.5, 0.6) is 0 Å². The van der Waals surface area contributed by atoms with Gasteiger partial charge in [-0.2, -0.15) is 0 Å². The highest BCUT2D eigenvalue weighted by Crippen LogP contribution is 2.25. The Bertz CT molecular complexity index is 683. The summed E-state index contributed by atoms with van der Waals surface area (Å²) in [6, 6.07) is 9.98. The number of carbonyl (C=O) groups excluding carboxylic acids is 1. The number of pyridine rings is 1. The van der Waals surface area contributed by atoms with E-state index in [2.05, 4.69) is 31.5 Å². The van der Waals surface area contributed by atoms with E-state index in [9.17, 15) is 4.79 Å². The summed E-state index contributed by atoms with van der Waals surface area (Å²) < 4.78 is 0.992. The largest absolute Gasteiger partial charge is 0.382 e. The lowest BCUT2D eigenvalue weighted by Crippen LogP contribution is -2.15. The predicted octanol–water partition coefficient (Wildman–Crippen LogP) is 3.98. The van der Waals surface area contributed by atoms with E-state index in [-0.39, 0.29) is 5.91 Å². The van der Waals surface area contributed by atoms with E-state index in [1.165, 1.54) is 12.8 Å². The molecule has 2 aromatic rings. The molecule has 1 aliphatic rings. The lowest BCUT2D eigenvalue weighted by atomic mass is 10.2. The minimum atomic E-state index is -0.195. The Balaban J connectivity index is 1.75. The quantitative estimate of drug-likeness (QED) is 0.881. The van der Waals surface area contributed by atoms with E-state index in [4.69, 9.17) is 0 Å². The maximum atomic E-state index is 12.3. The minimum Gasteiger partial charge on any atom is -0.382 e. The van der Waals surface area contributed by atoms with Gasteiger partial charge in [0.25, 0.3) is 5.91 Å². The van der Waals surface area contributed by atoms with Gasteiger partial charge in [-0.15, -0.1) is 0 Å². The number of nitrogens with zero attached hydrogens (tertiary/aromatic N) is 1. The maximum Gasteiger partial charge on any atom is 0.274 e. The number of amides is 1. The summed E-state index contributed by atoms with van der Waals surface area (Å²) in [6.07, 6.45) is 4.05. The first-order valence-electron chi connectivity index (χ1n) is 6.92. The molecule has 1 aliphatic carbocycles. The fourth-order valence-corrected chi connectivity index (χ4v) is 2.54. The molecule has 0 atom stereocenters. The number of hydrogen-bond acceptors (Lipinski definition) is 3. The molecule has 108 valence electrons. The first kappa shape index (κ1) is 14.1. The molecule has 0 unspecified atom stereocenters. The van der Waals surface area contributed by atoms with E-state index in [0.29, 0.717) is 11.7 Å². The molecule has 1 aromatic heterocycles.